The van der Waals surface area contributed by atoms with E-state index in [1.165, 1.54) is 21.5 Å². The van der Waals surface area contributed by atoms with Crippen molar-refractivity contribution in [1.82, 2.24) is 9.55 Å². The number of hydrogen-bond acceptors (Lipinski definition) is 3. The van der Waals surface area contributed by atoms with E-state index in [0.717, 1.165) is 18.7 Å². The number of benzene rings is 1. The van der Waals surface area contributed by atoms with Crippen LogP contribution in [0.4, 0.5) is 0 Å². The van der Waals surface area contributed by atoms with Crippen LogP contribution in [0.25, 0.3) is 10.9 Å². The van der Waals surface area contributed by atoms with Crippen LogP contribution in [-0.2, 0) is 19.5 Å². The highest BCUT2D eigenvalue weighted by atomic mass is 32.1. The van der Waals surface area contributed by atoms with Crippen molar-refractivity contribution in [2.45, 2.75) is 26.4 Å². The lowest BCUT2D eigenvalue weighted by Gasteiger charge is -2.04. The largest absolute Gasteiger partial charge is 0.341 e. The van der Waals surface area contributed by atoms with Crippen molar-refractivity contribution < 1.29 is 0 Å². The van der Waals surface area contributed by atoms with E-state index in [-0.39, 0.29) is 0 Å². The third kappa shape index (κ3) is 2.29. The lowest BCUT2D eigenvalue weighted by Crippen LogP contribution is -2.00. The van der Waals surface area contributed by atoms with Gasteiger partial charge in [-0.2, -0.15) is 0 Å². The van der Waals surface area contributed by atoms with Crippen molar-refractivity contribution in [3.63, 3.8) is 0 Å². The molecule has 1 aromatic carbocycles. The van der Waals surface area contributed by atoms with E-state index in [1.54, 1.807) is 11.3 Å². The summed E-state index contributed by atoms with van der Waals surface area (Å²) in [5, 5.41) is 4.60. The number of rotatable bonds is 4. The van der Waals surface area contributed by atoms with Gasteiger partial charge in [0.15, 0.2) is 0 Å². The van der Waals surface area contributed by atoms with Crippen LogP contribution < -0.4 is 5.73 Å². The number of nitrogens with zero attached hydrogens (tertiary/aromatic N) is 2. The maximum atomic E-state index is 5.78. The van der Waals surface area contributed by atoms with Crippen LogP contribution in [-0.4, -0.2) is 9.55 Å². The summed E-state index contributed by atoms with van der Waals surface area (Å²) in [6.45, 7) is 3.55. The summed E-state index contributed by atoms with van der Waals surface area (Å²) in [5.74, 6) is 0. The number of fused-ring (bicyclic) bond motifs is 1. The average molecular weight is 271 g/mol. The zero-order valence-electron chi connectivity index (χ0n) is 11.0. The first kappa shape index (κ1) is 12.4. The number of thiazole rings is 1. The first-order chi connectivity index (χ1) is 9.31. The van der Waals surface area contributed by atoms with E-state index in [4.69, 9.17) is 5.73 Å². The van der Waals surface area contributed by atoms with Crippen LogP contribution in [0.5, 0.6) is 0 Å². The van der Waals surface area contributed by atoms with E-state index in [0.29, 0.717) is 6.54 Å². The summed E-state index contributed by atoms with van der Waals surface area (Å²) < 4.78 is 2.24. The van der Waals surface area contributed by atoms with Gasteiger partial charge in [-0.15, -0.1) is 11.3 Å². The first-order valence-electron chi connectivity index (χ1n) is 6.52. The Morgan fingerprint density at radius 3 is 2.95 bits per heavy atom. The highest BCUT2D eigenvalue weighted by Gasteiger charge is 2.06. The fourth-order valence-electron chi connectivity index (χ4n) is 2.36. The van der Waals surface area contributed by atoms with E-state index in [2.05, 4.69) is 52.3 Å². The predicted octanol–water partition coefficient (Wildman–Crippen LogP) is 3.17. The summed E-state index contributed by atoms with van der Waals surface area (Å²) in [6, 6.07) is 8.44. The van der Waals surface area contributed by atoms with Gasteiger partial charge in [0.05, 0.1) is 17.2 Å². The van der Waals surface area contributed by atoms with E-state index >= 15 is 0 Å². The van der Waals surface area contributed by atoms with E-state index < -0.39 is 0 Å². The molecule has 2 aromatic heterocycles. The number of aromatic nitrogens is 2. The molecule has 0 radical (unpaired) electrons. The highest BCUT2D eigenvalue weighted by Crippen LogP contribution is 2.21. The molecule has 0 aliphatic carbocycles. The van der Waals surface area contributed by atoms with Crippen LogP contribution in [0.15, 0.2) is 35.8 Å². The molecule has 0 saturated heterocycles. The van der Waals surface area contributed by atoms with Crippen molar-refractivity contribution in [2.75, 3.05) is 0 Å². The second-order valence-electron chi connectivity index (χ2n) is 4.58. The van der Waals surface area contributed by atoms with Gasteiger partial charge in [-0.05, 0) is 24.1 Å². The topological polar surface area (TPSA) is 43.8 Å². The second kappa shape index (κ2) is 5.15. The Morgan fingerprint density at radius 2 is 2.21 bits per heavy atom. The van der Waals surface area contributed by atoms with Crippen LogP contribution >= 0.6 is 11.3 Å². The molecule has 0 saturated carbocycles. The average Bonchev–Trinajstić information content (AvgIpc) is 3.06. The molecular weight excluding hydrogens is 254 g/mol. The normalized spacial score (nSPS) is 11.3. The number of nitrogens with two attached hydrogens (primary N) is 1. The Bertz CT molecular complexity index is 696. The summed E-state index contributed by atoms with van der Waals surface area (Å²) in [5.41, 5.74) is 9.34. The Labute approximate surface area is 116 Å². The van der Waals surface area contributed by atoms with Gasteiger partial charge in [-0.1, -0.05) is 19.1 Å². The van der Waals surface area contributed by atoms with Crippen molar-refractivity contribution >= 4 is 22.2 Å². The molecule has 3 aromatic rings. The smallest absolute Gasteiger partial charge is 0.0926 e. The zero-order valence-corrected chi connectivity index (χ0v) is 11.8. The van der Waals surface area contributed by atoms with Crippen LogP contribution in [0.3, 0.4) is 0 Å². The summed E-state index contributed by atoms with van der Waals surface area (Å²) >= 11 is 1.74. The molecule has 0 atom stereocenters. The Hall–Kier alpha value is -1.65. The number of hydrogen-bond donors (Lipinski definition) is 1. The van der Waals surface area contributed by atoms with Gasteiger partial charge in [-0.3, -0.25) is 0 Å². The minimum atomic E-state index is 0.581. The molecule has 3 nitrogen and oxygen atoms in total. The fraction of sp³-hybridized carbons (Fsp3) is 0.267. The van der Waals surface area contributed by atoms with Crippen molar-refractivity contribution in [1.29, 1.82) is 0 Å². The molecule has 0 bridgehead atoms. The van der Waals surface area contributed by atoms with Crippen molar-refractivity contribution in [3.05, 3.63) is 52.1 Å². The summed E-state index contributed by atoms with van der Waals surface area (Å²) in [4.78, 5) is 4.63. The summed E-state index contributed by atoms with van der Waals surface area (Å²) in [7, 11) is 0. The third-order valence-electron chi connectivity index (χ3n) is 3.36. The molecular formula is C15H17N3S. The maximum absolute atomic E-state index is 5.78. The lowest BCUT2D eigenvalue weighted by atomic mass is 10.1. The zero-order chi connectivity index (χ0) is 13.2. The lowest BCUT2D eigenvalue weighted by molar-refractivity contribution is 0.808. The van der Waals surface area contributed by atoms with Crippen molar-refractivity contribution in [3.8, 4) is 0 Å². The molecule has 0 aliphatic heterocycles. The molecule has 2 N–H and O–H groups in total. The Kier molecular flexibility index (Phi) is 3.36. The molecule has 0 amide bonds. The SMILES string of the molecule is CCc1nc(Cn2ccc3c(CN)cccc32)cs1. The van der Waals surface area contributed by atoms with Gasteiger partial charge in [0.2, 0.25) is 0 Å². The minimum absolute atomic E-state index is 0.581. The van der Waals surface area contributed by atoms with Crippen molar-refractivity contribution in [2.24, 2.45) is 5.73 Å². The Morgan fingerprint density at radius 1 is 1.32 bits per heavy atom. The van der Waals surface area contributed by atoms with Gasteiger partial charge in [0.25, 0.3) is 0 Å². The Balaban J connectivity index is 1.97. The van der Waals surface area contributed by atoms with E-state index in [9.17, 15) is 0 Å². The van der Waals surface area contributed by atoms with E-state index in [1.807, 2.05) is 0 Å². The molecule has 0 spiro atoms. The molecule has 19 heavy (non-hydrogen) atoms. The molecule has 4 heteroatoms. The van der Waals surface area contributed by atoms with Gasteiger partial charge >= 0.3 is 0 Å². The third-order valence-corrected chi connectivity index (χ3v) is 4.40. The molecule has 98 valence electrons. The van der Waals surface area contributed by atoms with Crippen LogP contribution in [0, 0.1) is 0 Å². The fourth-order valence-corrected chi connectivity index (χ4v) is 3.10. The molecule has 0 unspecified atom stereocenters. The van der Waals surface area contributed by atoms with Gasteiger partial charge < -0.3 is 10.3 Å². The van der Waals surface area contributed by atoms with Gasteiger partial charge in [0, 0.05) is 29.0 Å². The standard InChI is InChI=1S/C15H17N3S/c1-2-15-17-12(10-19-15)9-18-7-6-13-11(8-16)4-3-5-14(13)18/h3-7,10H,2,8-9,16H2,1H3. The summed E-state index contributed by atoms with van der Waals surface area (Å²) in [6.07, 6.45) is 3.13. The number of aryl methyl sites for hydroxylation is 1. The van der Waals surface area contributed by atoms with Gasteiger partial charge in [-0.25, -0.2) is 4.98 Å². The predicted molar refractivity (Wildman–Crippen MR) is 80.4 cm³/mol. The molecule has 3 rings (SSSR count). The highest BCUT2D eigenvalue weighted by molar-refractivity contribution is 7.09. The monoisotopic (exact) mass is 271 g/mol. The molecule has 0 fully saturated rings. The van der Waals surface area contributed by atoms with Crippen LogP contribution in [0.1, 0.15) is 23.2 Å². The second-order valence-corrected chi connectivity index (χ2v) is 5.53. The molecule has 2 heterocycles. The van der Waals surface area contributed by atoms with Gasteiger partial charge in [0.1, 0.15) is 0 Å². The minimum Gasteiger partial charge on any atom is -0.341 e. The maximum Gasteiger partial charge on any atom is 0.0926 e. The first-order valence-corrected chi connectivity index (χ1v) is 7.40. The van der Waals surface area contributed by atoms with Crippen LogP contribution in [0.2, 0.25) is 0 Å². The quantitative estimate of drug-likeness (QED) is 0.792. The molecule has 0 aliphatic rings.